The number of furan rings is 1. The predicted molar refractivity (Wildman–Crippen MR) is 103 cm³/mol. The quantitative estimate of drug-likeness (QED) is 0.730. The minimum Gasteiger partial charge on any atom is -0.466 e. The molecule has 2 aromatic rings. The van der Waals surface area contributed by atoms with Gasteiger partial charge in [-0.05, 0) is 79.8 Å². The smallest absolute Gasteiger partial charge is 0.250 e. The van der Waals surface area contributed by atoms with E-state index in [1.54, 1.807) is 12.1 Å². The molecule has 3 rings (SSSR count). The lowest BCUT2D eigenvalue weighted by Gasteiger charge is -2.31. The van der Waals surface area contributed by atoms with E-state index in [4.69, 9.17) is 4.42 Å². The zero-order valence-electron chi connectivity index (χ0n) is 14.4. The van der Waals surface area contributed by atoms with Gasteiger partial charge in [0.15, 0.2) is 0 Å². The van der Waals surface area contributed by atoms with Gasteiger partial charge in [-0.25, -0.2) is 13.1 Å². The van der Waals surface area contributed by atoms with E-state index >= 15 is 0 Å². The Morgan fingerprint density at radius 2 is 2.04 bits per heavy atom. The number of rotatable bonds is 6. The van der Waals surface area contributed by atoms with Gasteiger partial charge in [-0.2, -0.15) is 0 Å². The van der Waals surface area contributed by atoms with Crippen LogP contribution in [0.4, 0.5) is 0 Å². The molecule has 1 aliphatic heterocycles. The largest absolute Gasteiger partial charge is 0.466 e. The zero-order chi connectivity index (χ0) is 18.0. The van der Waals surface area contributed by atoms with Crippen LogP contribution in [0.1, 0.15) is 29.9 Å². The fraction of sp³-hybridized carbons (Fsp3) is 0.529. The Morgan fingerprint density at radius 1 is 1.32 bits per heavy atom. The summed E-state index contributed by atoms with van der Waals surface area (Å²) in [6, 6.07) is 5.50. The second-order valence-electron chi connectivity index (χ2n) is 6.57. The average molecular weight is 447 g/mol. The average Bonchev–Trinajstić information content (AvgIpc) is 3.13. The molecular formula is C17H23BrN2O3S2. The van der Waals surface area contributed by atoms with E-state index in [2.05, 4.69) is 31.6 Å². The molecule has 138 valence electrons. The van der Waals surface area contributed by atoms with Crippen molar-refractivity contribution >= 4 is 37.3 Å². The second kappa shape index (κ2) is 7.92. The number of hydrogen-bond acceptors (Lipinski definition) is 5. The van der Waals surface area contributed by atoms with Crippen LogP contribution in [-0.4, -0.2) is 33.0 Å². The molecule has 0 aliphatic carbocycles. The maximum Gasteiger partial charge on any atom is 0.250 e. The van der Waals surface area contributed by atoms with Crippen molar-refractivity contribution < 1.29 is 12.8 Å². The molecule has 1 N–H and O–H groups in total. The lowest BCUT2D eigenvalue weighted by atomic mass is 9.97. The maximum atomic E-state index is 12.3. The Balaban J connectivity index is 1.47. The van der Waals surface area contributed by atoms with Crippen LogP contribution in [0.15, 0.2) is 30.6 Å². The van der Waals surface area contributed by atoms with Crippen molar-refractivity contribution in [2.75, 3.05) is 19.6 Å². The fourth-order valence-electron chi connectivity index (χ4n) is 3.17. The molecule has 25 heavy (non-hydrogen) atoms. The zero-order valence-corrected chi connectivity index (χ0v) is 17.6. The molecule has 5 nitrogen and oxygen atoms in total. The summed E-state index contributed by atoms with van der Waals surface area (Å²) in [5, 5.41) is 0. The van der Waals surface area contributed by atoms with Crippen molar-refractivity contribution in [2.24, 2.45) is 5.92 Å². The van der Waals surface area contributed by atoms with Crippen LogP contribution in [0, 0.1) is 19.8 Å². The fourth-order valence-corrected chi connectivity index (χ4v) is 6.34. The normalized spacial score (nSPS) is 17.2. The highest BCUT2D eigenvalue weighted by Crippen LogP contribution is 2.26. The van der Waals surface area contributed by atoms with E-state index < -0.39 is 10.0 Å². The molecule has 1 aliphatic rings. The summed E-state index contributed by atoms with van der Waals surface area (Å²) in [5.41, 5.74) is 1.25. The van der Waals surface area contributed by atoms with Gasteiger partial charge in [0.1, 0.15) is 15.7 Å². The first-order valence-electron chi connectivity index (χ1n) is 8.37. The van der Waals surface area contributed by atoms with E-state index in [1.807, 2.05) is 13.8 Å². The number of piperidine rings is 1. The predicted octanol–water partition coefficient (Wildman–Crippen LogP) is 3.91. The first kappa shape index (κ1) is 19.1. The summed E-state index contributed by atoms with van der Waals surface area (Å²) in [7, 11) is -3.39. The minimum absolute atomic E-state index is 0.364. The topological polar surface area (TPSA) is 62.6 Å². The molecule has 3 heterocycles. The molecule has 2 aromatic heterocycles. The molecule has 0 radical (unpaired) electrons. The second-order valence-corrected chi connectivity index (χ2v) is 11.0. The van der Waals surface area contributed by atoms with E-state index in [9.17, 15) is 8.42 Å². The van der Waals surface area contributed by atoms with Crippen LogP contribution in [0.2, 0.25) is 0 Å². The summed E-state index contributed by atoms with van der Waals surface area (Å²) in [6.45, 7) is 7.37. The lowest BCUT2D eigenvalue weighted by molar-refractivity contribution is 0.178. The summed E-state index contributed by atoms with van der Waals surface area (Å²) < 4.78 is 34.1. The molecular weight excluding hydrogens is 424 g/mol. The van der Waals surface area contributed by atoms with Crippen molar-refractivity contribution in [2.45, 2.75) is 37.4 Å². The van der Waals surface area contributed by atoms with Crippen LogP contribution in [-0.2, 0) is 16.6 Å². The van der Waals surface area contributed by atoms with Gasteiger partial charge in [0, 0.05) is 18.7 Å². The van der Waals surface area contributed by atoms with Crippen LogP contribution >= 0.6 is 27.3 Å². The third kappa shape index (κ3) is 4.95. The Bertz CT molecular complexity index is 821. The maximum absolute atomic E-state index is 12.3. The summed E-state index contributed by atoms with van der Waals surface area (Å²) in [5.74, 6) is 2.34. The summed E-state index contributed by atoms with van der Waals surface area (Å²) >= 11 is 4.54. The molecule has 8 heteroatoms. The van der Waals surface area contributed by atoms with Crippen LogP contribution in [0.5, 0.6) is 0 Å². The molecule has 0 aromatic carbocycles. The number of halogens is 1. The van der Waals surface area contributed by atoms with E-state index in [1.165, 1.54) is 16.9 Å². The monoisotopic (exact) mass is 446 g/mol. The number of nitrogens with one attached hydrogen (secondary N) is 1. The van der Waals surface area contributed by atoms with Crippen LogP contribution < -0.4 is 4.72 Å². The lowest BCUT2D eigenvalue weighted by Crippen LogP contribution is -2.38. The molecule has 0 saturated carbocycles. The molecule has 0 unspecified atom stereocenters. The summed E-state index contributed by atoms with van der Waals surface area (Å²) in [4.78, 5) is 2.42. The van der Waals surface area contributed by atoms with Crippen molar-refractivity contribution in [1.82, 2.24) is 9.62 Å². The minimum atomic E-state index is -3.39. The number of nitrogens with zero attached hydrogens (tertiary/aromatic N) is 1. The first-order valence-corrected chi connectivity index (χ1v) is 11.5. The highest BCUT2D eigenvalue weighted by atomic mass is 79.9. The van der Waals surface area contributed by atoms with Gasteiger partial charge in [-0.3, -0.25) is 4.90 Å². The number of hydrogen-bond donors (Lipinski definition) is 1. The number of sulfonamides is 1. The van der Waals surface area contributed by atoms with Gasteiger partial charge in [-0.1, -0.05) is 0 Å². The van der Waals surface area contributed by atoms with Gasteiger partial charge >= 0.3 is 0 Å². The SMILES string of the molecule is Cc1cc(CN2CCC(CNS(=O)(=O)c3ccc(Br)s3)CC2)c(C)o1. The molecule has 1 saturated heterocycles. The van der Waals surface area contributed by atoms with Gasteiger partial charge in [0.25, 0.3) is 0 Å². The third-order valence-corrected chi connectivity index (χ3v) is 8.16. The van der Waals surface area contributed by atoms with Gasteiger partial charge < -0.3 is 4.42 Å². The van der Waals surface area contributed by atoms with E-state index in [-0.39, 0.29) is 0 Å². The summed E-state index contributed by atoms with van der Waals surface area (Å²) in [6.07, 6.45) is 2.01. The third-order valence-electron chi connectivity index (χ3n) is 4.62. The van der Waals surface area contributed by atoms with Crippen LogP contribution in [0.3, 0.4) is 0 Å². The molecule has 1 fully saturated rings. The van der Waals surface area contributed by atoms with Crippen molar-refractivity contribution in [3.63, 3.8) is 0 Å². The van der Waals surface area contributed by atoms with Gasteiger partial charge in [0.05, 0.1) is 3.79 Å². The highest BCUT2D eigenvalue weighted by molar-refractivity contribution is 9.11. The number of likely N-dealkylation sites (tertiary alicyclic amines) is 1. The Kier molecular flexibility index (Phi) is 6.05. The van der Waals surface area contributed by atoms with E-state index in [0.29, 0.717) is 16.7 Å². The molecule has 0 spiro atoms. The van der Waals surface area contributed by atoms with Gasteiger partial charge in [0.2, 0.25) is 10.0 Å². The molecule has 0 atom stereocenters. The van der Waals surface area contributed by atoms with Crippen molar-refractivity contribution in [3.8, 4) is 0 Å². The standard InChI is InChI=1S/C17H23BrN2O3S2/c1-12-9-15(13(2)23-12)11-20-7-5-14(6-8-20)10-19-25(21,22)17-4-3-16(18)24-17/h3-4,9,14,19H,5-8,10-11H2,1-2H3. The first-order chi connectivity index (χ1) is 11.8. The number of aryl methyl sites for hydroxylation is 2. The Morgan fingerprint density at radius 3 is 2.60 bits per heavy atom. The molecule has 0 amide bonds. The van der Waals surface area contributed by atoms with E-state index in [0.717, 1.165) is 47.8 Å². The Hall–Kier alpha value is -0.670. The Labute approximate surface area is 161 Å². The van der Waals surface area contributed by atoms with Gasteiger partial charge in [-0.15, -0.1) is 11.3 Å². The van der Waals surface area contributed by atoms with Crippen LogP contribution in [0.25, 0.3) is 0 Å². The number of thiophene rings is 1. The van der Waals surface area contributed by atoms with Crippen molar-refractivity contribution in [3.05, 3.63) is 39.1 Å². The van der Waals surface area contributed by atoms with Crippen molar-refractivity contribution in [1.29, 1.82) is 0 Å². The highest BCUT2D eigenvalue weighted by Gasteiger charge is 2.23. The molecule has 0 bridgehead atoms.